The molecule has 6 aromatic heterocycles. The first-order valence-electron chi connectivity index (χ1n) is 22.2. The number of hydrogen-bond donors (Lipinski definition) is 2. The highest BCUT2D eigenvalue weighted by Gasteiger charge is 2.36. The molecular formula is C48H46N14O8. The van der Waals surface area contributed by atoms with E-state index in [0.29, 0.717) is 69.2 Å². The number of Topliss-reactive ketones (excluding diaryl/α,β-unsaturated/α-hetero) is 2. The first-order valence-corrected chi connectivity index (χ1v) is 22.2. The van der Waals surface area contributed by atoms with Gasteiger partial charge in [-0.2, -0.15) is 10.2 Å². The Labute approximate surface area is 398 Å². The summed E-state index contributed by atoms with van der Waals surface area (Å²) in [6, 6.07) is 17.5. The van der Waals surface area contributed by atoms with Gasteiger partial charge in [-0.1, -0.05) is 41.6 Å². The summed E-state index contributed by atoms with van der Waals surface area (Å²) in [5.74, 6) is -1.29. The minimum absolute atomic E-state index is 0.0916. The molecular weight excluding hydrogens is 901 g/mol. The van der Waals surface area contributed by atoms with Crippen molar-refractivity contribution in [2.45, 2.75) is 25.9 Å². The van der Waals surface area contributed by atoms with E-state index in [1.165, 1.54) is 76.9 Å². The molecule has 70 heavy (non-hydrogen) atoms. The topological polar surface area (TPSA) is 253 Å². The number of carbonyl (C=O) groups is 6. The third-order valence-electron chi connectivity index (χ3n) is 12.3. The maximum Gasteiger partial charge on any atom is 0.295 e. The van der Waals surface area contributed by atoms with E-state index in [1.54, 1.807) is 40.3 Å². The van der Waals surface area contributed by atoms with Crippen LogP contribution in [0.4, 0.5) is 0 Å². The lowest BCUT2D eigenvalue weighted by Gasteiger charge is -2.39. The first-order chi connectivity index (χ1) is 34.0. The molecule has 2 saturated heterocycles. The number of hydrogen-bond acceptors (Lipinski definition) is 14. The molecule has 0 radical (unpaired) electrons. The summed E-state index contributed by atoms with van der Waals surface area (Å²) in [4.78, 5) is 101. The van der Waals surface area contributed by atoms with Crippen LogP contribution in [0.15, 0.2) is 110 Å². The summed E-state index contributed by atoms with van der Waals surface area (Å²) in [6.45, 7) is 5.45. The van der Waals surface area contributed by atoms with Gasteiger partial charge in [0, 0.05) is 74.9 Å². The Hall–Kier alpha value is -9.08. The molecule has 2 aliphatic rings. The summed E-state index contributed by atoms with van der Waals surface area (Å²) < 4.78 is 12.3. The number of ketones is 2. The summed E-state index contributed by atoms with van der Waals surface area (Å²) in [5.41, 5.74) is 2.52. The van der Waals surface area contributed by atoms with E-state index in [0.717, 1.165) is 0 Å². The molecule has 22 heteroatoms. The maximum absolute atomic E-state index is 13.3. The second-order valence-corrected chi connectivity index (χ2v) is 16.5. The number of fused-ring (bicyclic) bond motifs is 2. The van der Waals surface area contributed by atoms with Crippen molar-refractivity contribution in [1.82, 2.24) is 69.5 Å². The fraction of sp³-hybridized carbons (Fsp3) is 0.250. The quantitative estimate of drug-likeness (QED) is 0.147. The Bertz CT molecular complexity index is 3010. The van der Waals surface area contributed by atoms with E-state index in [1.807, 2.05) is 50.2 Å². The van der Waals surface area contributed by atoms with Gasteiger partial charge in [0.05, 0.1) is 84.3 Å². The minimum atomic E-state index is -0.671. The van der Waals surface area contributed by atoms with Gasteiger partial charge in [0.2, 0.25) is 0 Å². The van der Waals surface area contributed by atoms with Crippen LogP contribution in [0.5, 0.6) is 11.5 Å². The van der Waals surface area contributed by atoms with Crippen molar-refractivity contribution in [2.75, 3.05) is 53.5 Å². The van der Waals surface area contributed by atoms with Crippen LogP contribution < -0.4 is 9.47 Å². The van der Waals surface area contributed by atoms with Crippen molar-refractivity contribution < 1.29 is 38.2 Å². The number of rotatable bonds is 10. The molecule has 4 amide bonds. The molecule has 0 unspecified atom stereocenters. The Kier molecular flexibility index (Phi) is 12.9. The van der Waals surface area contributed by atoms with Crippen molar-refractivity contribution in [3.8, 4) is 23.1 Å². The summed E-state index contributed by atoms with van der Waals surface area (Å²) in [5, 5.41) is 16.8. The first kappa shape index (κ1) is 46.0. The average molecular weight is 947 g/mol. The van der Waals surface area contributed by atoms with E-state index in [2.05, 4.69) is 40.4 Å². The van der Waals surface area contributed by atoms with Gasteiger partial charge in [-0.25, -0.2) is 14.6 Å². The Balaban J connectivity index is 0.000000174. The van der Waals surface area contributed by atoms with Gasteiger partial charge in [-0.15, -0.1) is 9.90 Å². The lowest BCUT2D eigenvalue weighted by atomic mass is 10.1. The van der Waals surface area contributed by atoms with Crippen LogP contribution in [-0.2, 0) is 9.59 Å². The average Bonchev–Trinajstić information content (AvgIpc) is 4.26. The van der Waals surface area contributed by atoms with E-state index < -0.39 is 23.4 Å². The van der Waals surface area contributed by atoms with Crippen molar-refractivity contribution in [2.24, 2.45) is 0 Å². The lowest BCUT2D eigenvalue weighted by Crippen LogP contribution is -2.56. The van der Waals surface area contributed by atoms with Crippen molar-refractivity contribution >= 4 is 57.0 Å². The molecule has 8 heterocycles. The van der Waals surface area contributed by atoms with E-state index in [-0.39, 0.29) is 61.2 Å². The minimum Gasteiger partial charge on any atom is -0.494 e. The smallest absolute Gasteiger partial charge is 0.295 e. The Morgan fingerprint density at radius 3 is 1.49 bits per heavy atom. The number of nitrogens with one attached hydrogen (secondary N) is 2. The standard InChI is InChI=1S/2C24H23N7O4/c1-15-14-29(10-11-30(15)23(33)16-6-4-3-5-7-16)24(34)21(32)17-12-25-20-19(17)18(35-2)13-26-22(20)31-9-8-27-28-31;1-15-14-29(10-11-30(15)23(33)16-6-4-3-5-7-16)24(34)21(32)17-12-25-20-19(17)18(35-2)13-26-22(20)31-27-8-9-28-31/h2*3-9,12-13,15,25H,10-11,14H2,1-2H3/t2*15-/m11/s1. The van der Waals surface area contributed by atoms with E-state index >= 15 is 0 Å². The van der Waals surface area contributed by atoms with Gasteiger partial charge in [0.25, 0.3) is 35.2 Å². The summed E-state index contributed by atoms with van der Waals surface area (Å²) >= 11 is 0. The number of carbonyl (C=O) groups excluding carboxylic acids is 6. The largest absolute Gasteiger partial charge is 0.494 e. The second kappa shape index (κ2) is 19.6. The van der Waals surface area contributed by atoms with Crippen LogP contribution in [0.3, 0.4) is 0 Å². The van der Waals surface area contributed by atoms with Gasteiger partial charge in [0.15, 0.2) is 11.6 Å². The van der Waals surface area contributed by atoms with Gasteiger partial charge < -0.3 is 39.0 Å². The molecule has 0 spiro atoms. The highest BCUT2D eigenvalue weighted by molar-refractivity contribution is 6.46. The normalized spacial score (nSPS) is 15.9. The van der Waals surface area contributed by atoms with Gasteiger partial charge in [-0.3, -0.25) is 28.8 Å². The van der Waals surface area contributed by atoms with Gasteiger partial charge >= 0.3 is 0 Å². The molecule has 2 aromatic carbocycles. The molecule has 22 nitrogen and oxygen atoms in total. The van der Waals surface area contributed by atoms with Crippen molar-refractivity contribution in [3.05, 3.63) is 132 Å². The van der Waals surface area contributed by atoms with Crippen LogP contribution in [0, 0.1) is 0 Å². The lowest BCUT2D eigenvalue weighted by molar-refractivity contribution is -0.129. The molecule has 2 atom stereocenters. The zero-order valence-corrected chi connectivity index (χ0v) is 38.4. The molecule has 8 aromatic rings. The molecule has 0 bridgehead atoms. The number of benzene rings is 2. The summed E-state index contributed by atoms with van der Waals surface area (Å²) in [7, 11) is 2.94. The van der Waals surface area contributed by atoms with Crippen LogP contribution in [0.1, 0.15) is 55.3 Å². The van der Waals surface area contributed by atoms with Crippen LogP contribution in [-0.4, -0.2) is 170 Å². The van der Waals surface area contributed by atoms with E-state index in [9.17, 15) is 28.8 Å². The number of methoxy groups -OCH3 is 2. The van der Waals surface area contributed by atoms with Crippen LogP contribution >= 0.6 is 0 Å². The molecule has 2 N–H and O–H groups in total. The molecule has 2 aliphatic heterocycles. The highest BCUT2D eigenvalue weighted by Crippen LogP contribution is 2.33. The predicted molar refractivity (Wildman–Crippen MR) is 251 cm³/mol. The number of nitrogens with zero attached hydrogens (tertiary/aromatic N) is 12. The third-order valence-corrected chi connectivity index (χ3v) is 12.3. The zero-order valence-electron chi connectivity index (χ0n) is 38.4. The van der Waals surface area contributed by atoms with Gasteiger partial charge in [0.1, 0.15) is 11.5 Å². The SMILES string of the molecule is COc1cnc(-n2ccnn2)c2[nH]cc(C(=O)C(=O)N3CCN(C(=O)c4ccccc4)[C@H](C)C3)c12.COc1cnc(-n2nccn2)c2[nH]cc(C(=O)C(=O)N3CCN(C(=O)c4ccccc4)[C@H](C)C3)c12. The van der Waals surface area contributed by atoms with Gasteiger partial charge in [-0.05, 0) is 38.1 Å². The van der Waals surface area contributed by atoms with Crippen LogP contribution in [0.2, 0.25) is 0 Å². The fourth-order valence-electron chi connectivity index (χ4n) is 8.75. The molecule has 2 fully saturated rings. The molecule has 356 valence electrons. The number of ether oxygens (including phenoxy) is 2. The summed E-state index contributed by atoms with van der Waals surface area (Å²) in [6.07, 6.45) is 12.1. The Morgan fingerprint density at radius 1 is 0.600 bits per heavy atom. The van der Waals surface area contributed by atoms with Crippen molar-refractivity contribution in [3.63, 3.8) is 0 Å². The molecule has 10 rings (SSSR count). The zero-order chi connectivity index (χ0) is 49.1. The number of H-pyrrole nitrogens is 2. The second-order valence-electron chi connectivity index (χ2n) is 16.5. The predicted octanol–water partition coefficient (Wildman–Crippen LogP) is 3.42. The third kappa shape index (κ3) is 8.68. The van der Waals surface area contributed by atoms with Crippen LogP contribution in [0.25, 0.3) is 33.4 Å². The molecule has 0 saturated carbocycles. The number of piperazine rings is 2. The monoisotopic (exact) mass is 946 g/mol. The number of aromatic amines is 2. The molecule has 0 aliphatic carbocycles. The maximum atomic E-state index is 13.3. The fourth-order valence-corrected chi connectivity index (χ4v) is 8.75. The number of amides is 4. The number of pyridine rings is 2. The Morgan fingerprint density at radius 2 is 1.06 bits per heavy atom. The van der Waals surface area contributed by atoms with E-state index in [4.69, 9.17) is 9.47 Å². The number of aromatic nitrogens is 10. The van der Waals surface area contributed by atoms with Crippen molar-refractivity contribution in [1.29, 1.82) is 0 Å². The highest BCUT2D eigenvalue weighted by atomic mass is 16.5.